The van der Waals surface area contributed by atoms with Gasteiger partial charge < -0.3 is 23.3 Å². The van der Waals surface area contributed by atoms with Crippen molar-refractivity contribution in [2.75, 3.05) is 6.61 Å². The van der Waals surface area contributed by atoms with Crippen LogP contribution in [0.5, 0.6) is 11.5 Å². The molecule has 1 aromatic heterocycles. The van der Waals surface area contributed by atoms with Gasteiger partial charge in [0.05, 0.1) is 6.61 Å². The zero-order valence-electron chi connectivity index (χ0n) is 34.0. The minimum Gasteiger partial charge on any atom is -0.459 e. The van der Waals surface area contributed by atoms with Gasteiger partial charge in [0, 0.05) is 18.8 Å². The Bertz CT molecular complexity index is 2370. The normalized spacial score (nSPS) is 18.6. The lowest BCUT2D eigenvalue weighted by molar-refractivity contribution is -0.151. The van der Waals surface area contributed by atoms with Crippen LogP contribution in [0.15, 0.2) is 145 Å². The molecule has 16 nitrogen and oxygen atoms in total. The first-order valence-electron chi connectivity index (χ1n) is 19.3. The average Bonchev–Trinajstić information content (AvgIpc) is 3.63. The maximum Gasteiger partial charge on any atom is 0.460 e. The van der Waals surface area contributed by atoms with Crippen LogP contribution in [0.4, 0.5) is 0 Å². The van der Waals surface area contributed by atoms with E-state index in [9.17, 15) is 23.5 Å². The highest BCUT2D eigenvalue weighted by Crippen LogP contribution is 2.52. The first kappa shape index (κ1) is 45.1. The van der Waals surface area contributed by atoms with Gasteiger partial charge in [0.25, 0.3) is 0 Å². The second kappa shape index (κ2) is 20.0. The van der Waals surface area contributed by atoms with Crippen molar-refractivity contribution in [3.63, 3.8) is 0 Å². The van der Waals surface area contributed by atoms with E-state index >= 15 is 0 Å². The highest BCUT2D eigenvalue weighted by atomic mass is 31.2. The molecule has 0 bridgehead atoms. The molecule has 1 fully saturated rings. The minimum atomic E-state index is -4.59. The van der Waals surface area contributed by atoms with Crippen LogP contribution >= 0.6 is 15.5 Å². The molecule has 0 saturated carbocycles. The van der Waals surface area contributed by atoms with Crippen molar-refractivity contribution >= 4 is 27.4 Å². The highest BCUT2D eigenvalue weighted by molar-refractivity contribution is 7.52. The van der Waals surface area contributed by atoms with Crippen molar-refractivity contribution in [1.29, 1.82) is 0 Å². The smallest absolute Gasteiger partial charge is 0.459 e. The molecule has 6 rings (SSSR count). The molecular formula is C43H48N4O12P2. The third-order valence-electron chi connectivity index (χ3n) is 9.13. The molecule has 0 spiro atoms. The van der Waals surface area contributed by atoms with E-state index in [0.717, 1.165) is 11.1 Å². The lowest BCUT2D eigenvalue weighted by atomic mass is 10.1. The standard InChI is InChI=1S/C43H48N4O12P2/c1-42(2,39(48)53-29-32-18-9-5-10-19-32)45-60(51,57-34-22-13-7-14-23-34)55-31-37-36(28-38(56-37)47-27-17-26-44-41(47)50)59-61(52,58-35-24-15-8-16-25-35)46-43(3,4)40(49)54-30-33-20-11-6-12-21-33/h5-27,36-38H,28-31H2,1-4H3,(H,45,51)(H,46,52)/t36-,37+,38+,60?,61?/m0/s1. The third kappa shape index (κ3) is 12.8. The summed E-state index contributed by atoms with van der Waals surface area (Å²) in [7, 11) is -9.12. The van der Waals surface area contributed by atoms with E-state index in [1.165, 1.54) is 50.7 Å². The van der Waals surface area contributed by atoms with E-state index in [-0.39, 0.29) is 31.1 Å². The number of carbonyl (C=O) groups is 2. The summed E-state index contributed by atoms with van der Waals surface area (Å²) < 4.78 is 72.6. The number of hydrogen-bond acceptors (Lipinski definition) is 13. The summed E-state index contributed by atoms with van der Waals surface area (Å²) in [5.41, 5.74) is -2.43. The Hall–Kier alpha value is -5.44. The molecule has 0 amide bonds. The molecule has 1 aliphatic heterocycles. The number of benzene rings is 4. The molecule has 1 saturated heterocycles. The number of nitrogens with zero attached hydrogens (tertiary/aromatic N) is 2. The highest BCUT2D eigenvalue weighted by Gasteiger charge is 2.48. The van der Waals surface area contributed by atoms with Gasteiger partial charge in [-0.25, -0.2) is 18.9 Å². The molecule has 5 aromatic rings. The van der Waals surface area contributed by atoms with Crippen molar-refractivity contribution in [1.82, 2.24) is 19.7 Å². The van der Waals surface area contributed by atoms with Crippen molar-refractivity contribution in [2.24, 2.45) is 0 Å². The Morgan fingerprint density at radius 1 is 0.705 bits per heavy atom. The van der Waals surface area contributed by atoms with Gasteiger partial charge in [0.1, 0.15) is 54.2 Å². The average molecular weight is 875 g/mol. The number of rotatable bonds is 20. The fraction of sp³-hybridized carbons (Fsp3) is 0.302. The predicted molar refractivity (Wildman–Crippen MR) is 224 cm³/mol. The van der Waals surface area contributed by atoms with E-state index in [0.29, 0.717) is 0 Å². The summed E-state index contributed by atoms with van der Waals surface area (Å²) in [5, 5.41) is 5.48. The first-order valence-corrected chi connectivity index (χ1v) is 22.4. The molecule has 18 heteroatoms. The summed E-state index contributed by atoms with van der Waals surface area (Å²) in [4.78, 5) is 43.6. The second-order valence-corrected chi connectivity index (χ2v) is 18.3. The summed E-state index contributed by atoms with van der Waals surface area (Å²) in [6, 6.07) is 36.0. The van der Waals surface area contributed by atoms with E-state index in [2.05, 4.69) is 15.2 Å². The maximum atomic E-state index is 15.0. The van der Waals surface area contributed by atoms with Crippen LogP contribution in [0.3, 0.4) is 0 Å². The molecule has 2 N–H and O–H groups in total. The monoisotopic (exact) mass is 874 g/mol. The topological polar surface area (TPSA) is 192 Å². The van der Waals surface area contributed by atoms with E-state index in [1.807, 2.05) is 36.4 Å². The quantitative estimate of drug-likeness (QED) is 0.0576. The molecule has 2 heterocycles. The number of carbonyl (C=O) groups excluding carboxylic acids is 2. The number of nitrogens with one attached hydrogen (secondary N) is 2. The van der Waals surface area contributed by atoms with E-state index < -0.39 is 69.2 Å². The summed E-state index contributed by atoms with van der Waals surface area (Å²) in [5.74, 6) is -1.21. The van der Waals surface area contributed by atoms with Crippen LogP contribution in [0.2, 0.25) is 0 Å². The Balaban J connectivity index is 1.27. The van der Waals surface area contributed by atoms with Crippen LogP contribution in [-0.2, 0) is 55.2 Å². The maximum absolute atomic E-state index is 15.0. The summed E-state index contributed by atoms with van der Waals surface area (Å²) in [6.07, 6.45) is -0.814. The van der Waals surface area contributed by atoms with Crippen LogP contribution in [0, 0.1) is 0 Å². The molecular weight excluding hydrogens is 826 g/mol. The number of esters is 2. The van der Waals surface area contributed by atoms with Crippen molar-refractivity contribution < 1.29 is 51.0 Å². The molecule has 2 unspecified atom stereocenters. The number of hydrogen-bond donors (Lipinski definition) is 2. The van der Waals surface area contributed by atoms with E-state index in [1.54, 1.807) is 84.9 Å². The van der Waals surface area contributed by atoms with Gasteiger partial charge in [-0.1, -0.05) is 97.1 Å². The van der Waals surface area contributed by atoms with Crippen molar-refractivity contribution in [2.45, 2.75) is 76.8 Å². The van der Waals surface area contributed by atoms with Crippen LogP contribution in [-0.4, -0.2) is 51.4 Å². The second-order valence-electron chi connectivity index (χ2n) is 15.0. The lowest BCUT2D eigenvalue weighted by Crippen LogP contribution is -2.48. The SMILES string of the molecule is CC(C)(NP(=O)(OC[C@H]1O[C@@H](n2cccnc2=O)C[C@@H]1OP(=O)(NC(C)(C)C(=O)OCc1ccccc1)Oc1ccccc1)Oc1ccccc1)C(=O)OCc1ccccc1. The molecule has 4 aromatic carbocycles. The van der Waals surface area contributed by atoms with Crippen molar-refractivity contribution in [3.05, 3.63) is 161 Å². The molecule has 1 aliphatic rings. The summed E-state index contributed by atoms with van der Waals surface area (Å²) >= 11 is 0. The Labute approximate surface area is 353 Å². The predicted octanol–water partition coefficient (Wildman–Crippen LogP) is 7.53. The van der Waals surface area contributed by atoms with Gasteiger partial charge >= 0.3 is 33.1 Å². The van der Waals surface area contributed by atoms with Gasteiger partial charge in [-0.05, 0) is 69.2 Å². The van der Waals surface area contributed by atoms with E-state index in [4.69, 9.17) is 32.3 Å². The Morgan fingerprint density at radius 2 is 1.16 bits per heavy atom. The van der Waals surface area contributed by atoms with Crippen molar-refractivity contribution in [3.8, 4) is 11.5 Å². The molecule has 61 heavy (non-hydrogen) atoms. The number of para-hydroxylation sites is 2. The fourth-order valence-electron chi connectivity index (χ4n) is 6.04. The van der Waals surface area contributed by atoms with Gasteiger partial charge in [0.15, 0.2) is 0 Å². The van der Waals surface area contributed by atoms with Gasteiger partial charge in [-0.2, -0.15) is 10.2 Å². The van der Waals surface area contributed by atoms with Gasteiger partial charge in [0.2, 0.25) is 0 Å². The van der Waals surface area contributed by atoms with Gasteiger partial charge in [-0.3, -0.25) is 23.2 Å². The fourth-order valence-corrected chi connectivity index (χ4v) is 9.62. The first-order chi connectivity index (χ1) is 29.1. The number of aromatic nitrogens is 2. The zero-order chi connectivity index (χ0) is 43.5. The Morgan fingerprint density at radius 3 is 1.66 bits per heavy atom. The largest absolute Gasteiger partial charge is 0.460 e. The molecule has 5 atom stereocenters. The Kier molecular flexibility index (Phi) is 14.8. The zero-order valence-corrected chi connectivity index (χ0v) is 35.8. The third-order valence-corrected chi connectivity index (χ3v) is 12.7. The van der Waals surface area contributed by atoms with Gasteiger partial charge in [-0.15, -0.1) is 0 Å². The molecule has 322 valence electrons. The molecule has 0 radical (unpaired) electrons. The number of ether oxygens (including phenoxy) is 3. The minimum absolute atomic E-state index is 0.0415. The summed E-state index contributed by atoms with van der Waals surface area (Å²) in [6.45, 7) is 5.20. The van der Waals surface area contributed by atoms with Crippen LogP contribution in [0.25, 0.3) is 0 Å². The molecule has 0 aliphatic carbocycles. The van der Waals surface area contributed by atoms with Crippen LogP contribution in [0.1, 0.15) is 51.5 Å². The van der Waals surface area contributed by atoms with Crippen LogP contribution < -0.4 is 24.9 Å². The lowest BCUT2D eigenvalue weighted by Gasteiger charge is -2.32.